The second-order valence-electron chi connectivity index (χ2n) is 14.1. The summed E-state index contributed by atoms with van der Waals surface area (Å²) in [6.07, 6.45) is -3.72. The molecule has 9 nitrogen and oxygen atoms in total. The van der Waals surface area contributed by atoms with Gasteiger partial charge < -0.3 is 42.6 Å². The van der Waals surface area contributed by atoms with Crippen LogP contribution in [0, 0.1) is 0 Å². The molecule has 2 aliphatic rings. The number of hydrogen-bond acceptors (Lipinski definition) is 9. The van der Waals surface area contributed by atoms with E-state index in [2.05, 4.69) is 6.58 Å². The topological polar surface area (TPSA) is 83.1 Å². The van der Waals surface area contributed by atoms with Crippen LogP contribution in [-0.4, -0.2) is 69.0 Å². The average Bonchev–Trinajstić information content (AvgIpc) is 3.27. The van der Waals surface area contributed by atoms with Crippen LogP contribution in [0.25, 0.3) is 0 Å². The van der Waals surface area contributed by atoms with Gasteiger partial charge in [0, 0.05) is 0 Å². The lowest BCUT2D eigenvalue weighted by atomic mass is 10.0. The Labute approximate surface area is 336 Å². The van der Waals surface area contributed by atoms with Crippen molar-refractivity contribution in [2.24, 2.45) is 0 Å². The lowest BCUT2D eigenvalue weighted by Crippen LogP contribution is -2.62. The van der Waals surface area contributed by atoms with E-state index in [1.807, 2.05) is 152 Å². The summed E-state index contributed by atoms with van der Waals surface area (Å²) in [5.74, 6) is 0. The summed E-state index contributed by atoms with van der Waals surface area (Å²) < 4.78 is 59.7. The maximum absolute atomic E-state index is 7.12. The monoisotopic (exact) mass is 772 g/mol. The van der Waals surface area contributed by atoms with Crippen LogP contribution in [0.15, 0.2) is 164 Å². The van der Waals surface area contributed by atoms with E-state index >= 15 is 0 Å². The third-order valence-corrected chi connectivity index (χ3v) is 9.91. The van der Waals surface area contributed by atoms with E-state index in [4.69, 9.17) is 42.6 Å². The Morgan fingerprint density at radius 2 is 0.737 bits per heavy atom. The fourth-order valence-electron chi connectivity index (χ4n) is 6.92. The van der Waals surface area contributed by atoms with Gasteiger partial charge in [0.15, 0.2) is 12.6 Å². The standard InChI is InChI=1S/C48H52O9/c1-2-28-49-47-46(54-33-40-26-16-7-17-27-40)44(42(35-55-47)51-30-37-20-10-4-11-21-37)57-48-45(53-32-39-24-14-6-15-25-39)43(52-31-38-22-12-5-13-23-38)41(34-56-48)50-29-36-18-8-3-9-19-36/h2-27,41-48H,1,28-35H2/t41-,42-,43+,44+,45-,46-,47+,48+/m1/s1. The second-order valence-corrected chi connectivity index (χ2v) is 14.1. The first-order valence-corrected chi connectivity index (χ1v) is 19.6. The fraction of sp³-hybridized carbons (Fsp3) is 0.333. The highest BCUT2D eigenvalue weighted by Crippen LogP contribution is 2.33. The normalized spacial score (nSPS) is 24.8. The van der Waals surface area contributed by atoms with Crippen molar-refractivity contribution in [1.82, 2.24) is 0 Å². The van der Waals surface area contributed by atoms with Crippen molar-refractivity contribution in [3.05, 3.63) is 192 Å². The molecule has 298 valence electrons. The molecular formula is C48H52O9. The molecule has 0 unspecified atom stereocenters. The highest BCUT2D eigenvalue weighted by Gasteiger charge is 2.50. The van der Waals surface area contributed by atoms with Crippen LogP contribution in [-0.2, 0) is 75.7 Å². The minimum atomic E-state index is -0.903. The molecule has 0 radical (unpaired) electrons. The van der Waals surface area contributed by atoms with Crippen molar-refractivity contribution < 1.29 is 42.6 Å². The number of rotatable bonds is 20. The number of hydrogen-bond donors (Lipinski definition) is 0. The summed E-state index contributed by atoms with van der Waals surface area (Å²) in [6.45, 7) is 6.18. The van der Waals surface area contributed by atoms with Crippen LogP contribution < -0.4 is 0 Å². The molecule has 0 saturated carbocycles. The minimum absolute atomic E-state index is 0.198. The maximum atomic E-state index is 7.12. The molecular weight excluding hydrogens is 721 g/mol. The van der Waals surface area contributed by atoms with Crippen molar-refractivity contribution in [2.45, 2.75) is 82.2 Å². The molecule has 7 rings (SSSR count). The second kappa shape index (κ2) is 21.9. The zero-order chi connectivity index (χ0) is 38.9. The SMILES string of the molecule is C=CCO[C@H]1OC[C@@H](OCc2ccccc2)[C@H](O[C@@H]2OC[C@@H](OCc3ccccc3)[C@H](OCc3ccccc3)[C@H]2OCc2ccccc2)[C@H]1OCc1ccccc1. The van der Waals surface area contributed by atoms with Crippen LogP contribution in [0.2, 0.25) is 0 Å². The van der Waals surface area contributed by atoms with E-state index in [9.17, 15) is 0 Å². The first kappa shape index (κ1) is 40.7. The van der Waals surface area contributed by atoms with Gasteiger partial charge in [0.05, 0.1) is 52.9 Å². The summed E-state index contributed by atoms with van der Waals surface area (Å²) in [6, 6.07) is 50.2. The van der Waals surface area contributed by atoms with Gasteiger partial charge in [0.25, 0.3) is 0 Å². The van der Waals surface area contributed by atoms with Gasteiger partial charge >= 0.3 is 0 Å². The molecule has 2 heterocycles. The molecule has 2 fully saturated rings. The summed E-state index contributed by atoms with van der Waals surface area (Å²) in [5, 5.41) is 0. The van der Waals surface area contributed by atoms with Gasteiger partial charge in [-0.3, -0.25) is 0 Å². The molecule has 0 amide bonds. The van der Waals surface area contributed by atoms with Gasteiger partial charge in [-0.1, -0.05) is 158 Å². The molecule has 5 aromatic carbocycles. The zero-order valence-corrected chi connectivity index (χ0v) is 32.2. The predicted molar refractivity (Wildman–Crippen MR) is 216 cm³/mol. The quantitative estimate of drug-likeness (QED) is 0.0728. The van der Waals surface area contributed by atoms with Crippen LogP contribution >= 0.6 is 0 Å². The molecule has 0 N–H and O–H groups in total. The molecule has 0 aliphatic carbocycles. The van der Waals surface area contributed by atoms with Crippen molar-refractivity contribution in [3.8, 4) is 0 Å². The summed E-state index contributed by atoms with van der Waals surface area (Å²) in [5.41, 5.74) is 5.09. The Morgan fingerprint density at radius 1 is 0.404 bits per heavy atom. The largest absolute Gasteiger partial charge is 0.368 e. The van der Waals surface area contributed by atoms with Gasteiger partial charge in [-0.25, -0.2) is 0 Å². The molecule has 0 aromatic heterocycles. The highest BCUT2D eigenvalue weighted by molar-refractivity contribution is 5.17. The molecule has 5 aromatic rings. The Hall–Kier alpha value is -4.52. The molecule has 9 heteroatoms. The molecule has 8 atom stereocenters. The van der Waals surface area contributed by atoms with Crippen LogP contribution in [0.3, 0.4) is 0 Å². The third kappa shape index (κ3) is 12.0. The average molecular weight is 773 g/mol. The van der Waals surface area contributed by atoms with Gasteiger partial charge in [0.1, 0.15) is 36.6 Å². The first-order chi connectivity index (χ1) is 28.2. The molecule has 57 heavy (non-hydrogen) atoms. The molecule has 0 bridgehead atoms. The molecule has 2 saturated heterocycles. The lowest BCUT2D eigenvalue weighted by molar-refractivity contribution is -0.353. The Morgan fingerprint density at radius 3 is 1.14 bits per heavy atom. The third-order valence-electron chi connectivity index (χ3n) is 9.91. The molecule has 2 aliphatic heterocycles. The minimum Gasteiger partial charge on any atom is -0.368 e. The summed E-state index contributed by atoms with van der Waals surface area (Å²) in [4.78, 5) is 0. The van der Waals surface area contributed by atoms with Crippen molar-refractivity contribution in [3.63, 3.8) is 0 Å². The van der Waals surface area contributed by atoms with E-state index in [0.29, 0.717) is 33.0 Å². The van der Waals surface area contributed by atoms with E-state index in [-0.39, 0.29) is 19.8 Å². The van der Waals surface area contributed by atoms with Crippen molar-refractivity contribution >= 4 is 0 Å². The van der Waals surface area contributed by atoms with Crippen molar-refractivity contribution in [2.75, 3.05) is 19.8 Å². The summed E-state index contributed by atoms with van der Waals surface area (Å²) in [7, 11) is 0. The van der Waals surface area contributed by atoms with E-state index in [1.54, 1.807) is 6.08 Å². The Kier molecular flexibility index (Phi) is 15.6. The Bertz CT molecular complexity index is 1850. The highest BCUT2D eigenvalue weighted by atomic mass is 16.8. The molecule has 0 spiro atoms. The zero-order valence-electron chi connectivity index (χ0n) is 32.2. The van der Waals surface area contributed by atoms with E-state index < -0.39 is 49.2 Å². The predicted octanol–water partition coefficient (Wildman–Crippen LogP) is 8.21. The van der Waals surface area contributed by atoms with Crippen LogP contribution in [0.1, 0.15) is 27.8 Å². The van der Waals surface area contributed by atoms with Gasteiger partial charge in [-0.2, -0.15) is 0 Å². The Balaban J connectivity index is 1.20. The number of ether oxygens (including phenoxy) is 9. The number of benzene rings is 5. The van der Waals surface area contributed by atoms with Crippen molar-refractivity contribution in [1.29, 1.82) is 0 Å². The summed E-state index contributed by atoms with van der Waals surface area (Å²) >= 11 is 0. The van der Waals surface area contributed by atoms with Gasteiger partial charge in [-0.15, -0.1) is 6.58 Å². The van der Waals surface area contributed by atoms with E-state index in [0.717, 1.165) is 27.8 Å². The van der Waals surface area contributed by atoms with Crippen LogP contribution in [0.5, 0.6) is 0 Å². The van der Waals surface area contributed by atoms with Gasteiger partial charge in [0.2, 0.25) is 0 Å². The van der Waals surface area contributed by atoms with Crippen LogP contribution in [0.4, 0.5) is 0 Å². The van der Waals surface area contributed by atoms with Gasteiger partial charge in [-0.05, 0) is 27.8 Å². The van der Waals surface area contributed by atoms with E-state index in [1.165, 1.54) is 0 Å². The fourth-order valence-corrected chi connectivity index (χ4v) is 6.92. The first-order valence-electron chi connectivity index (χ1n) is 19.6. The smallest absolute Gasteiger partial charge is 0.187 e. The lowest BCUT2D eigenvalue weighted by Gasteiger charge is -2.46. The maximum Gasteiger partial charge on any atom is 0.187 e.